The third kappa shape index (κ3) is 3.76. The van der Waals surface area contributed by atoms with Gasteiger partial charge in [-0.1, -0.05) is 13.8 Å². The summed E-state index contributed by atoms with van der Waals surface area (Å²) in [5.74, 6) is 0.682. The van der Waals surface area contributed by atoms with Gasteiger partial charge in [-0.3, -0.25) is 0 Å². The van der Waals surface area contributed by atoms with E-state index in [-0.39, 0.29) is 12.1 Å². The highest BCUT2D eigenvalue weighted by Crippen LogP contribution is 2.33. The molecular formula is C18H21NO4S. The van der Waals surface area contributed by atoms with Crippen molar-refractivity contribution in [2.45, 2.75) is 32.3 Å². The average Bonchev–Trinajstić information content (AvgIpc) is 3.25. The zero-order chi connectivity index (χ0) is 17.1. The largest absolute Gasteiger partial charge is 0.488 e. The normalized spacial score (nSPS) is 17.2. The smallest absolute Gasteiger partial charge is 0.338 e. The van der Waals surface area contributed by atoms with E-state index in [2.05, 4.69) is 18.8 Å². The van der Waals surface area contributed by atoms with Crippen molar-refractivity contribution >= 4 is 17.3 Å². The van der Waals surface area contributed by atoms with E-state index < -0.39 is 0 Å². The fourth-order valence-corrected chi connectivity index (χ4v) is 3.42. The van der Waals surface area contributed by atoms with Crippen LogP contribution in [0.5, 0.6) is 5.75 Å². The molecule has 1 aromatic carbocycles. The topological polar surface area (TPSA) is 57.7 Å². The van der Waals surface area contributed by atoms with E-state index in [9.17, 15) is 4.79 Å². The fourth-order valence-electron chi connectivity index (χ4n) is 2.51. The number of carbonyl (C=O) groups excluding carboxylic acids is 1. The Bertz CT molecular complexity index is 720. The minimum Gasteiger partial charge on any atom is -0.488 e. The summed E-state index contributed by atoms with van der Waals surface area (Å²) in [5, 5.41) is 0.872. The summed E-state index contributed by atoms with van der Waals surface area (Å²) in [4.78, 5) is 17.7. The molecule has 0 spiro atoms. The Balaban J connectivity index is 1.95. The Hall–Kier alpha value is -1.92. The van der Waals surface area contributed by atoms with Gasteiger partial charge in [-0.2, -0.15) is 0 Å². The Morgan fingerprint density at radius 2 is 2.21 bits per heavy atom. The summed E-state index contributed by atoms with van der Waals surface area (Å²) in [5.41, 5.74) is 1.33. The van der Waals surface area contributed by atoms with Crippen LogP contribution in [0.15, 0.2) is 24.4 Å². The molecule has 1 saturated heterocycles. The van der Waals surface area contributed by atoms with Crippen LogP contribution in [0.3, 0.4) is 0 Å². The van der Waals surface area contributed by atoms with Gasteiger partial charge in [0.2, 0.25) is 0 Å². The SMILES string of the molecule is COC(=O)c1cc(O[C@H]2CCOC2)cc(-c2ncc(C(C)C)s2)c1. The van der Waals surface area contributed by atoms with Gasteiger partial charge in [0.25, 0.3) is 0 Å². The minimum atomic E-state index is -0.384. The van der Waals surface area contributed by atoms with Gasteiger partial charge >= 0.3 is 5.97 Å². The number of ether oxygens (including phenoxy) is 3. The van der Waals surface area contributed by atoms with E-state index in [1.54, 1.807) is 23.5 Å². The summed E-state index contributed by atoms with van der Waals surface area (Å²) < 4.78 is 16.2. The molecule has 5 nitrogen and oxygen atoms in total. The highest BCUT2D eigenvalue weighted by molar-refractivity contribution is 7.15. The lowest BCUT2D eigenvalue weighted by molar-refractivity contribution is 0.0600. The number of methoxy groups -OCH3 is 1. The van der Waals surface area contributed by atoms with Crippen LogP contribution in [-0.4, -0.2) is 37.4 Å². The van der Waals surface area contributed by atoms with Crippen molar-refractivity contribution in [3.63, 3.8) is 0 Å². The molecule has 0 unspecified atom stereocenters. The summed E-state index contributed by atoms with van der Waals surface area (Å²) >= 11 is 1.63. The lowest BCUT2D eigenvalue weighted by Crippen LogP contribution is -2.16. The van der Waals surface area contributed by atoms with Crippen molar-refractivity contribution < 1.29 is 19.0 Å². The Morgan fingerprint density at radius 1 is 1.38 bits per heavy atom. The fraction of sp³-hybridized carbons (Fsp3) is 0.444. The zero-order valence-corrected chi connectivity index (χ0v) is 14.9. The molecule has 2 aromatic rings. The highest BCUT2D eigenvalue weighted by atomic mass is 32.1. The van der Waals surface area contributed by atoms with Gasteiger partial charge in [0.15, 0.2) is 0 Å². The molecule has 0 N–H and O–H groups in total. The molecule has 6 heteroatoms. The first-order chi connectivity index (χ1) is 11.6. The molecule has 1 aromatic heterocycles. The molecule has 0 radical (unpaired) electrons. The minimum absolute atomic E-state index is 0.0215. The van der Waals surface area contributed by atoms with Crippen molar-refractivity contribution in [1.82, 2.24) is 4.98 Å². The number of aromatic nitrogens is 1. The molecule has 1 aliphatic rings. The molecule has 128 valence electrons. The summed E-state index contributed by atoms with van der Waals surface area (Å²) in [6, 6.07) is 5.44. The second-order valence-electron chi connectivity index (χ2n) is 6.06. The zero-order valence-electron chi connectivity index (χ0n) is 14.1. The number of carbonyl (C=O) groups is 1. The lowest BCUT2D eigenvalue weighted by Gasteiger charge is -2.13. The molecule has 0 saturated carbocycles. The maximum atomic E-state index is 12.0. The summed E-state index contributed by atoms with van der Waals surface area (Å²) in [6.07, 6.45) is 2.76. The van der Waals surface area contributed by atoms with Crippen molar-refractivity contribution in [2.75, 3.05) is 20.3 Å². The molecular weight excluding hydrogens is 326 g/mol. The molecule has 0 amide bonds. The van der Waals surface area contributed by atoms with Crippen LogP contribution in [0.4, 0.5) is 0 Å². The second-order valence-corrected chi connectivity index (χ2v) is 7.13. The molecule has 3 rings (SSSR count). The molecule has 0 aliphatic carbocycles. The average molecular weight is 347 g/mol. The molecule has 1 aliphatic heterocycles. The predicted molar refractivity (Wildman–Crippen MR) is 92.8 cm³/mol. The summed E-state index contributed by atoms with van der Waals surface area (Å²) in [7, 11) is 1.38. The van der Waals surface area contributed by atoms with E-state index in [1.807, 2.05) is 12.3 Å². The number of hydrogen-bond donors (Lipinski definition) is 0. The number of benzene rings is 1. The van der Waals surface area contributed by atoms with Crippen molar-refractivity contribution in [3.8, 4) is 16.3 Å². The Kier molecular flexibility index (Phi) is 5.16. The van der Waals surface area contributed by atoms with Gasteiger partial charge in [-0.25, -0.2) is 9.78 Å². The van der Waals surface area contributed by atoms with Crippen LogP contribution in [0.1, 0.15) is 41.4 Å². The third-order valence-electron chi connectivity index (χ3n) is 3.86. The monoisotopic (exact) mass is 347 g/mol. The van der Waals surface area contributed by atoms with Crippen LogP contribution < -0.4 is 4.74 Å². The molecule has 1 fully saturated rings. The number of rotatable bonds is 5. The number of thiazole rings is 1. The van der Waals surface area contributed by atoms with Gasteiger partial charge in [0, 0.05) is 23.1 Å². The standard InChI is InChI=1S/C18H21NO4S/c1-11(2)16-9-19-17(24-16)12-6-13(18(20)21-3)8-15(7-12)23-14-4-5-22-10-14/h6-9,11,14H,4-5,10H2,1-3H3/t14-/m0/s1. The van der Waals surface area contributed by atoms with Crippen molar-refractivity contribution in [3.05, 3.63) is 34.8 Å². The van der Waals surface area contributed by atoms with Gasteiger partial charge < -0.3 is 14.2 Å². The molecule has 0 bridgehead atoms. The van der Waals surface area contributed by atoms with Gasteiger partial charge in [0.05, 0.1) is 25.9 Å². The maximum Gasteiger partial charge on any atom is 0.338 e. The first kappa shape index (κ1) is 16.9. The second kappa shape index (κ2) is 7.32. The van der Waals surface area contributed by atoms with Crippen LogP contribution in [0.2, 0.25) is 0 Å². The first-order valence-corrected chi connectivity index (χ1v) is 8.82. The first-order valence-electron chi connectivity index (χ1n) is 8.00. The van der Waals surface area contributed by atoms with E-state index in [0.717, 1.165) is 17.0 Å². The number of nitrogens with zero attached hydrogens (tertiary/aromatic N) is 1. The quantitative estimate of drug-likeness (QED) is 0.768. The third-order valence-corrected chi connectivity index (χ3v) is 5.20. The van der Waals surface area contributed by atoms with E-state index >= 15 is 0 Å². The van der Waals surface area contributed by atoms with Crippen molar-refractivity contribution in [1.29, 1.82) is 0 Å². The highest BCUT2D eigenvalue weighted by Gasteiger charge is 2.19. The number of esters is 1. The Morgan fingerprint density at radius 3 is 2.83 bits per heavy atom. The van der Waals surface area contributed by atoms with E-state index in [0.29, 0.717) is 30.4 Å². The van der Waals surface area contributed by atoms with Gasteiger partial charge in [-0.15, -0.1) is 11.3 Å². The van der Waals surface area contributed by atoms with Crippen molar-refractivity contribution in [2.24, 2.45) is 0 Å². The molecule has 2 heterocycles. The Labute approximate surface area is 145 Å². The van der Waals surface area contributed by atoms with E-state index in [4.69, 9.17) is 14.2 Å². The van der Waals surface area contributed by atoms with Crippen LogP contribution in [0.25, 0.3) is 10.6 Å². The lowest BCUT2D eigenvalue weighted by atomic mass is 10.1. The van der Waals surface area contributed by atoms with Crippen LogP contribution >= 0.6 is 11.3 Å². The van der Waals surface area contributed by atoms with Crippen LogP contribution in [-0.2, 0) is 9.47 Å². The predicted octanol–water partition coefficient (Wildman–Crippen LogP) is 3.89. The molecule has 24 heavy (non-hydrogen) atoms. The van der Waals surface area contributed by atoms with E-state index in [1.165, 1.54) is 12.0 Å². The van der Waals surface area contributed by atoms with Gasteiger partial charge in [-0.05, 0) is 24.1 Å². The summed E-state index contributed by atoms with van der Waals surface area (Å²) in [6.45, 7) is 5.55. The van der Waals surface area contributed by atoms with Crippen LogP contribution in [0, 0.1) is 0 Å². The molecule has 1 atom stereocenters. The number of hydrogen-bond acceptors (Lipinski definition) is 6. The van der Waals surface area contributed by atoms with Gasteiger partial charge in [0.1, 0.15) is 16.9 Å². The maximum absolute atomic E-state index is 12.0.